The van der Waals surface area contributed by atoms with Gasteiger partial charge in [0.1, 0.15) is 16.6 Å². The molecule has 1 amide bonds. The fourth-order valence-corrected chi connectivity index (χ4v) is 6.30. The minimum Gasteiger partial charge on any atom is -0.381 e. The normalized spacial score (nSPS) is 16.7. The van der Waals surface area contributed by atoms with E-state index < -0.39 is 0 Å². The molecule has 0 aliphatic carbocycles. The SMILES string of the molecule is Cc1cc(Nc2cc3nc(-c4cccc(C(=O)N(C)C)c4)sc3cn2)nc(N2CCN(CC3CCOCC3)CC2)n1. The van der Waals surface area contributed by atoms with Crippen molar-refractivity contribution < 1.29 is 9.53 Å². The second-order valence-electron chi connectivity index (χ2n) is 11.0. The lowest BCUT2D eigenvalue weighted by molar-refractivity contribution is 0.0517. The van der Waals surface area contributed by atoms with Crippen LogP contribution >= 0.6 is 11.3 Å². The van der Waals surface area contributed by atoms with Gasteiger partial charge in [-0.05, 0) is 37.8 Å². The fourth-order valence-electron chi connectivity index (χ4n) is 5.38. The zero-order valence-corrected chi connectivity index (χ0v) is 24.7. The first kappa shape index (κ1) is 27.5. The highest BCUT2D eigenvalue weighted by Gasteiger charge is 2.23. The summed E-state index contributed by atoms with van der Waals surface area (Å²) in [7, 11) is 3.51. The van der Waals surface area contributed by atoms with Gasteiger partial charge in [-0.15, -0.1) is 11.3 Å². The lowest BCUT2D eigenvalue weighted by atomic mass is 9.99. The summed E-state index contributed by atoms with van der Waals surface area (Å²) < 4.78 is 6.50. The van der Waals surface area contributed by atoms with Crippen LogP contribution in [0.1, 0.15) is 28.9 Å². The smallest absolute Gasteiger partial charge is 0.253 e. The Labute approximate surface area is 244 Å². The summed E-state index contributed by atoms with van der Waals surface area (Å²) in [6.45, 7) is 8.83. The fraction of sp³-hybridized carbons (Fsp3) is 0.433. The van der Waals surface area contributed by atoms with Crippen molar-refractivity contribution in [2.24, 2.45) is 5.92 Å². The van der Waals surface area contributed by atoms with E-state index in [0.29, 0.717) is 17.2 Å². The van der Waals surface area contributed by atoms with E-state index in [-0.39, 0.29) is 5.91 Å². The van der Waals surface area contributed by atoms with Crippen LogP contribution in [0.15, 0.2) is 42.6 Å². The van der Waals surface area contributed by atoms with E-state index in [4.69, 9.17) is 19.7 Å². The number of hydrogen-bond acceptors (Lipinski definition) is 10. The molecule has 0 spiro atoms. The third-order valence-corrected chi connectivity index (χ3v) is 8.70. The Hall–Kier alpha value is -3.67. The number of pyridine rings is 1. The molecule has 6 rings (SSSR count). The summed E-state index contributed by atoms with van der Waals surface area (Å²) in [4.78, 5) is 37.9. The molecule has 2 saturated heterocycles. The van der Waals surface area contributed by atoms with E-state index in [2.05, 4.69) is 20.1 Å². The van der Waals surface area contributed by atoms with Gasteiger partial charge >= 0.3 is 0 Å². The van der Waals surface area contributed by atoms with Crippen molar-refractivity contribution in [3.63, 3.8) is 0 Å². The highest BCUT2D eigenvalue weighted by Crippen LogP contribution is 2.32. The number of thiazole rings is 1. The van der Waals surface area contributed by atoms with Crippen LogP contribution in [-0.4, -0.2) is 95.7 Å². The Kier molecular flexibility index (Phi) is 8.09. The first-order valence-corrected chi connectivity index (χ1v) is 15.0. The van der Waals surface area contributed by atoms with Gasteiger partial charge in [0, 0.05) is 95.2 Å². The standard InChI is InChI=1S/C30H36N8O2S/c1-20-15-27(35-30(32-20)38-11-9-37(10-12-38)19-21-7-13-40-14-8-21)34-26-17-24-25(18-31-26)41-28(33-24)22-5-4-6-23(16-22)29(39)36(2)3/h4-6,15-18,21H,7-14,19H2,1-3H3,(H,31,32,34,35). The van der Waals surface area contributed by atoms with Crippen LogP contribution in [0, 0.1) is 12.8 Å². The number of aromatic nitrogens is 4. The minimum atomic E-state index is -0.0301. The summed E-state index contributed by atoms with van der Waals surface area (Å²) in [5.41, 5.74) is 3.31. The summed E-state index contributed by atoms with van der Waals surface area (Å²) >= 11 is 1.56. The van der Waals surface area contributed by atoms with E-state index >= 15 is 0 Å². The van der Waals surface area contributed by atoms with Gasteiger partial charge in [-0.25, -0.2) is 15.0 Å². The van der Waals surface area contributed by atoms with Crippen molar-refractivity contribution in [2.45, 2.75) is 19.8 Å². The number of carbonyl (C=O) groups excluding carboxylic acids is 1. The maximum Gasteiger partial charge on any atom is 0.253 e. The number of ether oxygens (including phenoxy) is 1. The van der Waals surface area contributed by atoms with Gasteiger partial charge < -0.3 is 19.9 Å². The number of piperazine rings is 1. The third kappa shape index (κ3) is 6.47. The van der Waals surface area contributed by atoms with Crippen LogP contribution in [0.3, 0.4) is 0 Å². The van der Waals surface area contributed by atoms with Gasteiger partial charge in [-0.3, -0.25) is 9.69 Å². The van der Waals surface area contributed by atoms with Crippen molar-refractivity contribution in [3.8, 4) is 10.6 Å². The highest BCUT2D eigenvalue weighted by molar-refractivity contribution is 7.21. The zero-order chi connectivity index (χ0) is 28.3. The molecule has 0 radical (unpaired) electrons. The quantitative estimate of drug-likeness (QED) is 0.344. The predicted molar refractivity (Wildman–Crippen MR) is 163 cm³/mol. The van der Waals surface area contributed by atoms with E-state index in [1.165, 1.54) is 12.8 Å². The van der Waals surface area contributed by atoms with E-state index in [9.17, 15) is 4.79 Å². The lowest BCUT2D eigenvalue weighted by Gasteiger charge is -2.37. The molecule has 10 nitrogen and oxygen atoms in total. The summed E-state index contributed by atoms with van der Waals surface area (Å²) in [6.07, 6.45) is 4.17. The van der Waals surface area contributed by atoms with Crippen molar-refractivity contribution in [1.29, 1.82) is 0 Å². The molecule has 41 heavy (non-hydrogen) atoms. The Balaban J connectivity index is 1.14. The maximum atomic E-state index is 12.4. The molecule has 2 aliphatic heterocycles. The number of nitrogens with zero attached hydrogens (tertiary/aromatic N) is 7. The topological polar surface area (TPSA) is 99.6 Å². The minimum absolute atomic E-state index is 0.0301. The van der Waals surface area contributed by atoms with Crippen LogP contribution < -0.4 is 10.2 Å². The zero-order valence-electron chi connectivity index (χ0n) is 23.8. The third-order valence-electron chi connectivity index (χ3n) is 7.65. The monoisotopic (exact) mass is 572 g/mol. The molecule has 11 heteroatoms. The molecule has 0 atom stereocenters. The van der Waals surface area contributed by atoms with Crippen LogP contribution in [0.2, 0.25) is 0 Å². The van der Waals surface area contributed by atoms with Crippen LogP contribution in [0.25, 0.3) is 20.8 Å². The molecular formula is C30H36N8O2S. The predicted octanol–water partition coefficient (Wildman–Crippen LogP) is 4.45. The molecule has 4 aromatic rings. The molecule has 0 bridgehead atoms. The van der Waals surface area contributed by atoms with E-state index in [1.54, 1.807) is 30.3 Å². The number of carbonyl (C=O) groups is 1. The van der Waals surface area contributed by atoms with Gasteiger partial charge in [0.25, 0.3) is 5.91 Å². The molecule has 5 heterocycles. The first-order chi connectivity index (χ1) is 19.9. The van der Waals surface area contributed by atoms with Crippen molar-refractivity contribution in [1.82, 2.24) is 29.7 Å². The highest BCUT2D eigenvalue weighted by atomic mass is 32.1. The maximum absolute atomic E-state index is 12.4. The number of fused-ring (bicyclic) bond motifs is 1. The molecule has 0 saturated carbocycles. The Morgan fingerprint density at radius 3 is 2.63 bits per heavy atom. The van der Waals surface area contributed by atoms with Crippen LogP contribution in [0.4, 0.5) is 17.6 Å². The van der Waals surface area contributed by atoms with Crippen molar-refractivity contribution in [2.75, 3.05) is 70.2 Å². The number of nitrogens with one attached hydrogen (secondary N) is 1. The van der Waals surface area contributed by atoms with E-state index in [1.807, 2.05) is 49.5 Å². The lowest BCUT2D eigenvalue weighted by Crippen LogP contribution is -2.48. The average Bonchev–Trinajstić information content (AvgIpc) is 3.41. The molecule has 214 valence electrons. The van der Waals surface area contributed by atoms with Gasteiger partial charge in [0.05, 0.1) is 10.2 Å². The second-order valence-corrected chi connectivity index (χ2v) is 12.0. The molecule has 2 fully saturated rings. The number of rotatable bonds is 7. The van der Waals surface area contributed by atoms with Crippen molar-refractivity contribution in [3.05, 3.63) is 53.9 Å². The van der Waals surface area contributed by atoms with Gasteiger partial charge in [-0.1, -0.05) is 12.1 Å². The number of benzene rings is 1. The van der Waals surface area contributed by atoms with Gasteiger partial charge in [0.15, 0.2) is 0 Å². The van der Waals surface area contributed by atoms with E-state index in [0.717, 1.165) is 84.3 Å². The number of hydrogen-bond donors (Lipinski definition) is 1. The summed E-state index contributed by atoms with van der Waals surface area (Å²) in [5, 5.41) is 4.22. The number of amides is 1. The Morgan fingerprint density at radius 2 is 1.85 bits per heavy atom. The number of anilines is 3. The van der Waals surface area contributed by atoms with Gasteiger partial charge in [-0.2, -0.15) is 4.98 Å². The average molecular weight is 573 g/mol. The van der Waals surface area contributed by atoms with Crippen LogP contribution in [-0.2, 0) is 4.74 Å². The van der Waals surface area contributed by atoms with Crippen molar-refractivity contribution >= 4 is 45.0 Å². The first-order valence-electron chi connectivity index (χ1n) is 14.2. The summed E-state index contributed by atoms with van der Waals surface area (Å²) in [6, 6.07) is 11.5. The summed E-state index contributed by atoms with van der Waals surface area (Å²) in [5.74, 6) is 2.86. The second kappa shape index (κ2) is 12.1. The number of aryl methyl sites for hydroxylation is 1. The Bertz CT molecular complexity index is 1530. The molecule has 0 unspecified atom stereocenters. The molecule has 2 aliphatic rings. The van der Waals surface area contributed by atoms with Crippen LogP contribution in [0.5, 0.6) is 0 Å². The molecule has 1 N–H and O–H groups in total. The molecule has 1 aromatic carbocycles. The van der Waals surface area contributed by atoms with Gasteiger partial charge in [0.2, 0.25) is 5.95 Å². The molecule has 3 aromatic heterocycles. The molecular weight excluding hydrogens is 536 g/mol. The Morgan fingerprint density at radius 1 is 1.05 bits per heavy atom. The largest absolute Gasteiger partial charge is 0.381 e.